The monoisotopic (exact) mass is 238 g/mol. The highest BCUT2D eigenvalue weighted by Gasteiger charge is 2.27. The summed E-state index contributed by atoms with van der Waals surface area (Å²) in [7, 11) is 0. The van der Waals surface area contributed by atoms with Crippen molar-refractivity contribution < 1.29 is 0 Å². The molecule has 1 unspecified atom stereocenters. The number of nitrogens with zero attached hydrogens (tertiary/aromatic N) is 1. The Labute approximate surface area is 107 Å². The molecule has 0 radical (unpaired) electrons. The van der Waals surface area contributed by atoms with E-state index in [0.29, 0.717) is 17.6 Å². The van der Waals surface area contributed by atoms with Crippen molar-refractivity contribution >= 4 is 0 Å². The van der Waals surface area contributed by atoms with Gasteiger partial charge in [-0.25, -0.2) is 0 Å². The van der Waals surface area contributed by atoms with Gasteiger partial charge in [-0.05, 0) is 53.4 Å². The summed E-state index contributed by atoms with van der Waals surface area (Å²) in [6.07, 6.45) is 6.92. The number of allylic oxidation sites excluding steroid dienone is 1. The third-order valence-corrected chi connectivity index (χ3v) is 3.77. The van der Waals surface area contributed by atoms with Gasteiger partial charge in [-0.2, -0.15) is 0 Å². The highest BCUT2D eigenvalue weighted by atomic mass is 15.2. The Morgan fingerprint density at radius 2 is 1.94 bits per heavy atom. The standard InChI is InChI=1S/C15H30N2/c1-6-7-8-13(2)16-14-9-11-17(12-10-14)15(3,4)5/h6,13-14,16H,1,7-12H2,2-5H3. The molecule has 1 aliphatic heterocycles. The molecule has 0 amide bonds. The largest absolute Gasteiger partial charge is 0.311 e. The SMILES string of the molecule is C=CCCC(C)NC1CCN(C(C)(C)C)CC1. The fourth-order valence-electron chi connectivity index (χ4n) is 2.57. The maximum atomic E-state index is 3.78. The maximum Gasteiger partial charge on any atom is 0.0125 e. The minimum atomic E-state index is 0.333. The summed E-state index contributed by atoms with van der Waals surface area (Å²) in [6.45, 7) is 15.5. The van der Waals surface area contributed by atoms with Crippen molar-refractivity contribution in [3.05, 3.63) is 12.7 Å². The van der Waals surface area contributed by atoms with Crippen molar-refractivity contribution in [3.63, 3.8) is 0 Å². The van der Waals surface area contributed by atoms with Crippen LogP contribution in [0.5, 0.6) is 0 Å². The molecule has 1 saturated heterocycles. The average molecular weight is 238 g/mol. The number of likely N-dealkylation sites (tertiary alicyclic amines) is 1. The van der Waals surface area contributed by atoms with Crippen LogP contribution in [0, 0.1) is 0 Å². The fourth-order valence-corrected chi connectivity index (χ4v) is 2.57. The zero-order chi connectivity index (χ0) is 12.9. The first kappa shape index (κ1) is 14.7. The van der Waals surface area contributed by atoms with Gasteiger partial charge in [-0.1, -0.05) is 6.08 Å². The van der Waals surface area contributed by atoms with Crippen LogP contribution in [0.2, 0.25) is 0 Å². The predicted molar refractivity (Wildman–Crippen MR) is 76.4 cm³/mol. The minimum absolute atomic E-state index is 0.333. The van der Waals surface area contributed by atoms with E-state index < -0.39 is 0 Å². The summed E-state index contributed by atoms with van der Waals surface area (Å²) in [5, 5.41) is 3.75. The van der Waals surface area contributed by atoms with Crippen molar-refractivity contribution in [2.45, 2.75) is 71.0 Å². The van der Waals surface area contributed by atoms with Gasteiger partial charge >= 0.3 is 0 Å². The summed E-state index contributed by atoms with van der Waals surface area (Å²) in [4.78, 5) is 2.60. The van der Waals surface area contributed by atoms with E-state index in [9.17, 15) is 0 Å². The highest BCUT2D eigenvalue weighted by Crippen LogP contribution is 2.20. The zero-order valence-corrected chi connectivity index (χ0v) is 12.1. The molecule has 2 nitrogen and oxygen atoms in total. The molecule has 0 bridgehead atoms. The molecule has 1 fully saturated rings. The van der Waals surface area contributed by atoms with Crippen LogP contribution < -0.4 is 5.32 Å². The van der Waals surface area contributed by atoms with Gasteiger partial charge in [0.25, 0.3) is 0 Å². The van der Waals surface area contributed by atoms with Crippen molar-refractivity contribution in [2.24, 2.45) is 0 Å². The second kappa shape index (κ2) is 6.55. The Kier molecular flexibility index (Phi) is 5.68. The lowest BCUT2D eigenvalue weighted by atomic mass is 9.97. The average Bonchev–Trinajstić information content (AvgIpc) is 2.26. The third kappa shape index (κ3) is 5.22. The molecule has 0 aromatic carbocycles. The van der Waals surface area contributed by atoms with Crippen LogP contribution in [0.25, 0.3) is 0 Å². The summed E-state index contributed by atoms with van der Waals surface area (Å²) in [5.74, 6) is 0. The molecule has 1 atom stereocenters. The smallest absolute Gasteiger partial charge is 0.0125 e. The van der Waals surface area contributed by atoms with E-state index in [-0.39, 0.29) is 0 Å². The molecule has 0 spiro atoms. The van der Waals surface area contributed by atoms with Gasteiger partial charge in [0.2, 0.25) is 0 Å². The summed E-state index contributed by atoms with van der Waals surface area (Å²) in [6, 6.07) is 1.34. The molecule has 0 aromatic rings. The fraction of sp³-hybridized carbons (Fsp3) is 0.867. The molecule has 1 N–H and O–H groups in total. The van der Waals surface area contributed by atoms with E-state index in [1.807, 2.05) is 6.08 Å². The quantitative estimate of drug-likeness (QED) is 0.740. The minimum Gasteiger partial charge on any atom is -0.311 e. The van der Waals surface area contributed by atoms with Crippen molar-refractivity contribution in [1.29, 1.82) is 0 Å². The molecule has 0 aromatic heterocycles. The molecular formula is C15H30N2. The number of nitrogens with one attached hydrogen (secondary N) is 1. The Balaban J connectivity index is 2.25. The van der Waals surface area contributed by atoms with Crippen molar-refractivity contribution in [3.8, 4) is 0 Å². The molecule has 0 saturated carbocycles. The Morgan fingerprint density at radius 1 is 1.35 bits per heavy atom. The van der Waals surface area contributed by atoms with Crippen LogP contribution in [-0.4, -0.2) is 35.6 Å². The van der Waals surface area contributed by atoms with E-state index in [1.165, 1.54) is 32.4 Å². The first-order chi connectivity index (χ1) is 7.93. The van der Waals surface area contributed by atoms with Crippen LogP contribution in [0.3, 0.4) is 0 Å². The van der Waals surface area contributed by atoms with Gasteiger partial charge in [-0.15, -0.1) is 6.58 Å². The molecule has 100 valence electrons. The van der Waals surface area contributed by atoms with Crippen molar-refractivity contribution in [2.75, 3.05) is 13.1 Å². The van der Waals surface area contributed by atoms with Gasteiger partial charge in [0, 0.05) is 30.7 Å². The normalized spacial score (nSPS) is 21.4. The summed E-state index contributed by atoms with van der Waals surface area (Å²) >= 11 is 0. The Hall–Kier alpha value is -0.340. The number of hydrogen-bond acceptors (Lipinski definition) is 2. The Morgan fingerprint density at radius 3 is 2.41 bits per heavy atom. The number of rotatable bonds is 5. The lowest BCUT2D eigenvalue weighted by Gasteiger charge is -2.41. The lowest BCUT2D eigenvalue weighted by Crippen LogP contribution is -2.51. The molecular weight excluding hydrogens is 208 g/mol. The molecule has 1 aliphatic rings. The second-order valence-electron chi connectivity index (χ2n) is 6.37. The first-order valence-corrected chi connectivity index (χ1v) is 7.05. The molecule has 1 rings (SSSR count). The van der Waals surface area contributed by atoms with Crippen LogP contribution >= 0.6 is 0 Å². The van der Waals surface area contributed by atoms with Gasteiger partial charge in [-0.3, -0.25) is 4.90 Å². The lowest BCUT2D eigenvalue weighted by molar-refractivity contribution is 0.0940. The molecule has 0 aliphatic carbocycles. The molecule has 1 heterocycles. The van der Waals surface area contributed by atoms with E-state index in [4.69, 9.17) is 0 Å². The topological polar surface area (TPSA) is 15.3 Å². The second-order valence-corrected chi connectivity index (χ2v) is 6.37. The molecule has 17 heavy (non-hydrogen) atoms. The number of piperidine rings is 1. The van der Waals surface area contributed by atoms with Gasteiger partial charge in [0.1, 0.15) is 0 Å². The zero-order valence-electron chi connectivity index (χ0n) is 12.1. The van der Waals surface area contributed by atoms with Crippen LogP contribution in [0.15, 0.2) is 12.7 Å². The van der Waals surface area contributed by atoms with Gasteiger partial charge in [0.15, 0.2) is 0 Å². The number of hydrogen-bond donors (Lipinski definition) is 1. The van der Waals surface area contributed by atoms with Gasteiger partial charge in [0.05, 0.1) is 0 Å². The van der Waals surface area contributed by atoms with Crippen LogP contribution in [0.1, 0.15) is 53.4 Å². The van der Waals surface area contributed by atoms with Gasteiger partial charge < -0.3 is 5.32 Å². The van der Waals surface area contributed by atoms with E-state index in [2.05, 4.69) is 44.5 Å². The Bertz CT molecular complexity index is 222. The van der Waals surface area contributed by atoms with E-state index in [0.717, 1.165) is 6.42 Å². The van der Waals surface area contributed by atoms with E-state index >= 15 is 0 Å². The van der Waals surface area contributed by atoms with Crippen LogP contribution in [0.4, 0.5) is 0 Å². The molecule has 2 heteroatoms. The van der Waals surface area contributed by atoms with E-state index in [1.54, 1.807) is 0 Å². The highest BCUT2D eigenvalue weighted by molar-refractivity contribution is 4.85. The van der Waals surface area contributed by atoms with Crippen molar-refractivity contribution in [1.82, 2.24) is 10.2 Å². The summed E-state index contributed by atoms with van der Waals surface area (Å²) in [5.41, 5.74) is 0.333. The maximum absolute atomic E-state index is 3.78. The summed E-state index contributed by atoms with van der Waals surface area (Å²) < 4.78 is 0. The third-order valence-electron chi connectivity index (χ3n) is 3.77. The first-order valence-electron chi connectivity index (χ1n) is 7.05. The predicted octanol–water partition coefficient (Wildman–Crippen LogP) is 3.19. The van der Waals surface area contributed by atoms with Crippen LogP contribution in [-0.2, 0) is 0 Å².